The zero-order chi connectivity index (χ0) is 12.7. The summed E-state index contributed by atoms with van der Waals surface area (Å²) in [5.41, 5.74) is 6.42. The van der Waals surface area contributed by atoms with E-state index in [1.54, 1.807) is 0 Å². The van der Waals surface area contributed by atoms with Crippen molar-refractivity contribution in [2.75, 3.05) is 12.3 Å². The molecule has 0 bridgehead atoms. The third kappa shape index (κ3) is 5.13. The van der Waals surface area contributed by atoms with Crippen molar-refractivity contribution in [2.24, 2.45) is 0 Å². The molecule has 1 atom stereocenters. The van der Waals surface area contributed by atoms with E-state index in [0.29, 0.717) is 0 Å². The monoisotopic (exact) mass is 252 g/mol. The summed E-state index contributed by atoms with van der Waals surface area (Å²) in [6.45, 7) is 4.78. The molecular weight excluding hydrogens is 232 g/mol. The number of benzene rings is 1. The van der Waals surface area contributed by atoms with Crippen LogP contribution < -0.4 is 11.1 Å². The maximum atomic E-state index is 11.7. The van der Waals surface area contributed by atoms with Crippen molar-refractivity contribution >= 4 is 23.4 Å². The standard InChI is InChI=1S/C13H20N2OS/c1-3-4-8-15-13(16)10(2)17-12-7-5-6-11(14)9-12/h5-7,9-10H,3-4,8,14H2,1-2H3,(H,15,16). The normalized spacial score (nSPS) is 12.1. The molecule has 94 valence electrons. The molecule has 0 aliphatic rings. The van der Waals surface area contributed by atoms with E-state index in [1.807, 2.05) is 31.2 Å². The van der Waals surface area contributed by atoms with Gasteiger partial charge in [-0.3, -0.25) is 4.79 Å². The molecule has 1 aromatic carbocycles. The lowest BCUT2D eigenvalue weighted by molar-refractivity contribution is -0.120. The number of unbranched alkanes of at least 4 members (excludes halogenated alkanes) is 1. The minimum Gasteiger partial charge on any atom is -0.399 e. The lowest BCUT2D eigenvalue weighted by Gasteiger charge is -2.11. The molecule has 0 saturated carbocycles. The third-order valence-electron chi connectivity index (χ3n) is 2.37. The Balaban J connectivity index is 2.43. The lowest BCUT2D eigenvalue weighted by Crippen LogP contribution is -2.31. The van der Waals surface area contributed by atoms with Crippen molar-refractivity contribution in [1.29, 1.82) is 0 Å². The first-order valence-electron chi connectivity index (χ1n) is 5.93. The van der Waals surface area contributed by atoms with E-state index in [4.69, 9.17) is 5.73 Å². The molecule has 1 rings (SSSR count). The Bertz CT molecular complexity index is 368. The van der Waals surface area contributed by atoms with Crippen LogP contribution >= 0.6 is 11.8 Å². The maximum absolute atomic E-state index is 11.7. The Labute approximate surface area is 107 Å². The Kier molecular flexibility index (Phi) is 5.91. The van der Waals surface area contributed by atoms with Gasteiger partial charge in [-0.2, -0.15) is 0 Å². The van der Waals surface area contributed by atoms with Crippen LogP contribution in [0.1, 0.15) is 26.7 Å². The predicted octanol–water partition coefficient (Wildman–Crippen LogP) is 2.67. The highest BCUT2D eigenvalue weighted by molar-refractivity contribution is 8.00. The molecule has 1 unspecified atom stereocenters. The van der Waals surface area contributed by atoms with E-state index in [9.17, 15) is 4.79 Å². The van der Waals surface area contributed by atoms with Gasteiger partial charge in [-0.05, 0) is 31.5 Å². The smallest absolute Gasteiger partial charge is 0.233 e. The van der Waals surface area contributed by atoms with Crippen molar-refractivity contribution in [1.82, 2.24) is 5.32 Å². The zero-order valence-electron chi connectivity index (χ0n) is 10.4. The number of hydrogen-bond acceptors (Lipinski definition) is 3. The first-order valence-corrected chi connectivity index (χ1v) is 6.81. The van der Waals surface area contributed by atoms with Gasteiger partial charge in [0.2, 0.25) is 5.91 Å². The highest BCUT2D eigenvalue weighted by Crippen LogP contribution is 2.24. The van der Waals surface area contributed by atoms with Crippen molar-refractivity contribution in [3.05, 3.63) is 24.3 Å². The number of thioether (sulfide) groups is 1. The average Bonchev–Trinajstić information content (AvgIpc) is 2.29. The lowest BCUT2D eigenvalue weighted by atomic mass is 10.3. The van der Waals surface area contributed by atoms with Crippen LogP contribution in [0.2, 0.25) is 0 Å². The second-order valence-electron chi connectivity index (χ2n) is 3.98. The fourth-order valence-corrected chi connectivity index (χ4v) is 2.34. The Hall–Kier alpha value is -1.16. The molecule has 0 saturated heterocycles. The molecule has 0 fully saturated rings. The second-order valence-corrected chi connectivity index (χ2v) is 5.39. The number of amides is 1. The number of carbonyl (C=O) groups is 1. The fourth-order valence-electron chi connectivity index (χ4n) is 1.38. The van der Waals surface area contributed by atoms with E-state index >= 15 is 0 Å². The topological polar surface area (TPSA) is 55.1 Å². The first kappa shape index (κ1) is 13.9. The van der Waals surface area contributed by atoms with Gasteiger partial charge in [-0.1, -0.05) is 19.4 Å². The number of rotatable bonds is 6. The third-order valence-corrected chi connectivity index (χ3v) is 3.46. The van der Waals surface area contributed by atoms with Crippen molar-refractivity contribution in [2.45, 2.75) is 36.8 Å². The highest BCUT2D eigenvalue weighted by Gasteiger charge is 2.13. The predicted molar refractivity (Wildman–Crippen MR) is 74.1 cm³/mol. The van der Waals surface area contributed by atoms with Crippen LogP contribution in [0.15, 0.2) is 29.2 Å². The van der Waals surface area contributed by atoms with E-state index in [1.165, 1.54) is 11.8 Å². The van der Waals surface area contributed by atoms with Crippen LogP contribution in [0.25, 0.3) is 0 Å². The summed E-state index contributed by atoms with van der Waals surface area (Å²) in [5, 5.41) is 2.84. The summed E-state index contributed by atoms with van der Waals surface area (Å²) in [7, 11) is 0. The number of hydrogen-bond donors (Lipinski definition) is 2. The Morgan fingerprint density at radius 1 is 1.53 bits per heavy atom. The summed E-state index contributed by atoms with van der Waals surface area (Å²) < 4.78 is 0. The largest absolute Gasteiger partial charge is 0.399 e. The number of carbonyl (C=O) groups excluding carboxylic acids is 1. The summed E-state index contributed by atoms with van der Waals surface area (Å²) in [5.74, 6) is 0.0888. The van der Waals surface area contributed by atoms with Gasteiger partial charge in [0.15, 0.2) is 0 Å². The minimum atomic E-state index is -0.0892. The summed E-state index contributed by atoms with van der Waals surface area (Å²) >= 11 is 1.53. The molecule has 3 N–H and O–H groups in total. The van der Waals surface area contributed by atoms with Gasteiger partial charge in [-0.25, -0.2) is 0 Å². The Morgan fingerprint density at radius 3 is 2.94 bits per heavy atom. The molecular formula is C13H20N2OS. The van der Waals surface area contributed by atoms with Gasteiger partial charge < -0.3 is 11.1 Å². The maximum Gasteiger partial charge on any atom is 0.233 e. The van der Waals surface area contributed by atoms with Crippen LogP contribution in [0.3, 0.4) is 0 Å². The van der Waals surface area contributed by atoms with Gasteiger partial charge in [0, 0.05) is 17.1 Å². The van der Waals surface area contributed by atoms with Crippen molar-refractivity contribution in [3.63, 3.8) is 0 Å². The average molecular weight is 252 g/mol. The molecule has 4 heteroatoms. The van der Waals surface area contributed by atoms with E-state index in [-0.39, 0.29) is 11.2 Å². The van der Waals surface area contributed by atoms with Gasteiger partial charge in [0.1, 0.15) is 0 Å². The van der Waals surface area contributed by atoms with E-state index in [0.717, 1.165) is 30.0 Å². The van der Waals surface area contributed by atoms with Crippen LogP contribution in [0.4, 0.5) is 5.69 Å². The molecule has 1 aromatic rings. The molecule has 1 amide bonds. The van der Waals surface area contributed by atoms with Gasteiger partial charge in [0.25, 0.3) is 0 Å². The molecule has 0 aromatic heterocycles. The number of nitrogen functional groups attached to an aromatic ring is 1. The van der Waals surface area contributed by atoms with Crippen LogP contribution in [-0.2, 0) is 4.79 Å². The molecule has 3 nitrogen and oxygen atoms in total. The van der Waals surface area contributed by atoms with E-state index in [2.05, 4.69) is 12.2 Å². The zero-order valence-corrected chi connectivity index (χ0v) is 11.2. The quantitative estimate of drug-likeness (QED) is 0.465. The van der Waals surface area contributed by atoms with Crippen LogP contribution in [0, 0.1) is 0 Å². The molecule has 0 heterocycles. The summed E-state index contributed by atoms with van der Waals surface area (Å²) in [6.07, 6.45) is 2.12. The molecule has 0 aliphatic carbocycles. The first-order chi connectivity index (χ1) is 8.13. The molecule has 17 heavy (non-hydrogen) atoms. The SMILES string of the molecule is CCCCNC(=O)C(C)Sc1cccc(N)c1. The number of nitrogens with two attached hydrogens (primary N) is 1. The fraction of sp³-hybridized carbons (Fsp3) is 0.462. The Morgan fingerprint density at radius 2 is 2.29 bits per heavy atom. The van der Waals surface area contributed by atoms with Crippen LogP contribution in [0.5, 0.6) is 0 Å². The summed E-state index contributed by atoms with van der Waals surface area (Å²) in [4.78, 5) is 12.8. The molecule has 0 aliphatic heterocycles. The summed E-state index contributed by atoms with van der Waals surface area (Å²) in [6, 6.07) is 7.60. The molecule has 0 radical (unpaired) electrons. The molecule has 0 spiro atoms. The van der Waals surface area contributed by atoms with Crippen molar-refractivity contribution < 1.29 is 4.79 Å². The van der Waals surface area contributed by atoms with E-state index < -0.39 is 0 Å². The van der Waals surface area contributed by atoms with Gasteiger partial charge in [0.05, 0.1) is 5.25 Å². The highest BCUT2D eigenvalue weighted by atomic mass is 32.2. The minimum absolute atomic E-state index is 0.0888. The van der Waals surface area contributed by atoms with Gasteiger partial charge in [-0.15, -0.1) is 11.8 Å². The number of nitrogens with one attached hydrogen (secondary N) is 1. The van der Waals surface area contributed by atoms with Crippen molar-refractivity contribution in [3.8, 4) is 0 Å². The second kappa shape index (κ2) is 7.22. The van der Waals surface area contributed by atoms with Gasteiger partial charge >= 0.3 is 0 Å². The number of anilines is 1. The van der Waals surface area contributed by atoms with Crippen LogP contribution in [-0.4, -0.2) is 17.7 Å².